The molecular formula is C14H12N4O2S. The Morgan fingerprint density at radius 3 is 2.86 bits per heavy atom. The van der Waals surface area contributed by atoms with E-state index in [0.29, 0.717) is 16.4 Å². The van der Waals surface area contributed by atoms with E-state index in [9.17, 15) is 0 Å². The van der Waals surface area contributed by atoms with Gasteiger partial charge in [0.1, 0.15) is 5.76 Å². The first kappa shape index (κ1) is 13.3. The van der Waals surface area contributed by atoms with Crippen molar-refractivity contribution in [2.24, 2.45) is 5.10 Å². The quantitative estimate of drug-likeness (QED) is 0.588. The average molecular weight is 300 g/mol. The zero-order valence-electron chi connectivity index (χ0n) is 11.2. The summed E-state index contributed by atoms with van der Waals surface area (Å²) in [4.78, 5) is 0. The molecule has 0 saturated carbocycles. The first-order chi connectivity index (χ1) is 10.2. The summed E-state index contributed by atoms with van der Waals surface area (Å²) < 4.78 is 12.5. The summed E-state index contributed by atoms with van der Waals surface area (Å²) in [5, 5.41) is 11.1. The Morgan fingerprint density at radius 1 is 1.33 bits per heavy atom. The molecule has 0 spiro atoms. The molecule has 3 aromatic rings. The summed E-state index contributed by atoms with van der Waals surface area (Å²) in [6.07, 6.45) is 6.75. The fourth-order valence-corrected chi connectivity index (χ4v) is 1.93. The minimum atomic E-state index is 0.392. The van der Waals surface area contributed by atoms with Gasteiger partial charge < -0.3 is 8.83 Å². The Hall–Kier alpha value is -2.67. The molecule has 0 unspecified atom stereocenters. The van der Waals surface area contributed by atoms with Crippen LogP contribution < -0.4 is 0 Å². The number of allylic oxidation sites excluding steroid dienone is 1. The molecule has 1 N–H and O–H groups in total. The second kappa shape index (κ2) is 5.76. The maximum absolute atomic E-state index is 5.31. The Labute approximate surface area is 125 Å². The lowest BCUT2D eigenvalue weighted by atomic mass is 10.3. The van der Waals surface area contributed by atoms with Crippen LogP contribution in [0.2, 0.25) is 0 Å². The molecule has 0 aliphatic rings. The third kappa shape index (κ3) is 2.92. The first-order valence-corrected chi connectivity index (χ1v) is 6.62. The van der Waals surface area contributed by atoms with Gasteiger partial charge in [-0.2, -0.15) is 9.78 Å². The highest BCUT2D eigenvalue weighted by atomic mass is 32.1. The van der Waals surface area contributed by atoms with E-state index in [2.05, 4.69) is 15.3 Å². The summed E-state index contributed by atoms with van der Waals surface area (Å²) >= 11 is 5.17. The van der Waals surface area contributed by atoms with Crippen molar-refractivity contribution in [3.05, 3.63) is 52.9 Å². The molecule has 3 heterocycles. The molecule has 21 heavy (non-hydrogen) atoms. The lowest BCUT2D eigenvalue weighted by Crippen LogP contribution is -1.93. The number of hydrogen-bond acceptors (Lipinski definition) is 5. The molecule has 106 valence electrons. The van der Waals surface area contributed by atoms with Gasteiger partial charge in [-0.15, -0.1) is 5.10 Å². The summed E-state index contributed by atoms with van der Waals surface area (Å²) in [6, 6.07) is 7.28. The van der Waals surface area contributed by atoms with Crippen molar-refractivity contribution in [1.82, 2.24) is 14.9 Å². The van der Waals surface area contributed by atoms with Crippen LogP contribution >= 0.6 is 12.2 Å². The van der Waals surface area contributed by atoms with Crippen LogP contribution in [-0.4, -0.2) is 21.1 Å². The molecule has 0 aliphatic carbocycles. The van der Waals surface area contributed by atoms with Crippen LogP contribution in [-0.2, 0) is 0 Å². The number of furan rings is 2. The largest absolute Gasteiger partial charge is 0.465 e. The molecule has 0 aliphatic heterocycles. The third-order valence-corrected chi connectivity index (χ3v) is 2.95. The number of aromatic nitrogens is 3. The van der Waals surface area contributed by atoms with E-state index in [1.807, 2.05) is 25.1 Å². The predicted molar refractivity (Wildman–Crippen MR) is 81.4 cm³/mol. The Balaban J connectivity index is 1.90. The van der Waals surface area contributed by atoms with Crippen LogP contribution in [0.5, 0.6) is 0 Å². The lowest BCUT2D eigenvalue weighted by Gasteiger charge is -1.97. The number of H-pyrrole nitrogens is 1. The monoisotopic (exact) mass is 300 g/mol. The second-order valence-corrected chi connectivity index (χ2v) is 4.68. The molecule has 6 nitrogen and oxygen atoms in total. The van der Waals surface area contributed by atoms with Crippen LogP contribution in [0.4, 0.5) is 0 Å². The normalized spacial score (nSPS) is 12.3. The molecule has 0 radical (unpaired) electrons. The molecule has 0 fully saturated rings. The second-order valence-electron chi connectivity index (χ2n) is 4.29. The standard InChI is InChI=1S/C14H12N4O2S/c1-10(8-11-4-2-6-19-11)9-15-18-13(16-17-14(18)21)12-5-3-7-20-12/h2-9H,1H3,(H,17,21)/b10-8-,15-9+. The fraction of sp³-hybridized carbons (Fsp3) is 0.0714. The number of aromatic amines is 1. The summed E-state index contributed by atoms with van der Waals surface area (Å²) in [7, 11) is 0. The Kier molecular flexibility index (Phi) is 3.65. The summed E-state index contributed by atoms with van der Waals surface area (Å²) in [5.41, 5.74) is 0.915. The van der Waals surface area contributed by atoms with Gasteiger partial charge in [0.25, 0.3) is 0 Å². The minimum absolute atomic E-state index is 0.392. The van der Waals surface area contributed by atoms with Gasteiger partial charge in [0.2, 0.25) is 10.6 Å². The van der Waals surface area contributed by atoms with Crippen LogP contribution in [0, 0.1) is 4.77 Å². The van der Waals surface area contributed by atoms with Gasteiger partial charge in [0, 0.05) is 0 Å². The zero-order chi connectivity index (χ0) is 14.7. The maximum atomic E-state index is 5.31. The van der Waals surface area contributed by atoms with Crippen LogP contribution in [0.15, 0.2) is 56.3 Å². The third-order valence-electron chi connectivity index (χ3n) is 2.68. The van der Waals surface area contributed by atoms with Gasteiger partial charge in [0.15, 0.2) is 5.76 Å². The molecule has 3 aromatic heterocycles. The average Bonchev–Trinajstić information content (AvgIpc) is 3.17. The van der Waals surface area contributed by atoms with Gasteiger partial charge in [0.05, 0.1) is 18.7 Å². The molecular weight excluding hydrogens is 288 g/mol. The van der Waals surface area contributed by atoms with Crippen LogP contribution in [0.3, 0.4) is 0 Å². The number of nitrogens with zero attached hydrogens (tertiary/aromatic N) is 3. The molecule has 7 heteroatoms. The minimum Gasteiger partial charge on any atom is -0.465 e. The SMILES string of the molecule is CC(=C/c1ccco1)/C=N/n1c(-c2ccco2)n[nH]c1=S. The molecule has 0 saturated heterocycles. The smallest absolute Gasteiger partial charge is 0.219 e. The summed E-state index contributed by atoms with van der Waals surface area (Å²) in [5.74, 6) is 1.88. The molecule has 0 atom stereocenters. The predicted octanol–water partition coefficient (Wildman–Crippen LogP) is 3.73. The van der Waals surface area contributed by atoms with Crippen molar-refractivity contribution in [3.63, 3.8) is 0 Å². The Morgan fingerprint density at radius 2 is 2.14 bits per heavy atom. The van der Waals surface area contributed by atoms with Crippen LogP contribution in [0.1, 0.15) is 12.7 Å². The van der Waals surface area contributed by atoms with Crippen LogP contribution in [0.25, 0.3) is 17.7 Å². The highest BCUT2D eigenvalue weighted by molar-refractivity contribution is 7.71. The highest BCUT2D eigenvalue weighted by Gasteiger charge is 2.10. The molecule has 0 bridgehead atoms. The van der Waals surface area contributed by atoms with E-state index in [0.717, 1.165) is 11.3 Å². The molecule has 0 amide bonds. The molecule has 0 aromatic carbocycles. The topological polar surface area (TPSA) is 72.2 Å². The van der Waals surface area contributed by atoms with Crippen molar-refractivity contribution in [3.8, 4) is 11.6 Å². The van der Waals surface area contributed by atoms with Gasteiger partial charge in [-0.1, -0.05) is 0 Å². The van der Waals surface area contributed by atoms with Gasteiger partial charge in [-0.05, 0) is 55.1 Å². The number of hydrogen-bond donors (Lipinski definition) is 1. The number of nitrogens with one attached hydrogen (secondary N) is 1. The van der Waals surface area contributed by atoms with E-state index >= 15 is 0 Å². The fourth-order valence-electron chi connectivity index (χ4n) is 1.75. The first-order valence-electron chi connectivity index (χ1n) is 6.21. The van der Waals surface area contributed by atoms with Gasteiger partial charge >= 0.3 is 0 Å². The van der Waals surface area contributed by atoms with Crippen molar-refractivity contribution in [2.45, 2.75) is 6.92 Å². The van der Waals surface area contributed by atoms with E-state index in [4.69, 9.17) is 21.1 Å². The Bertz CT molecular complexity index is 823. The summed E-state index contributed by atoms with van der Waals surface area (Å²) in [6.45, 7) is 1.92. The van der Waals surface area contributed by atoms with Crippen molar-refractivity contribution in [2.75, 3.05) is 0 Å². The van der Waals surface area contributed by atoms with E-state index in [-0.39, 0.29) is 0 Å². The lowest BCUT2D eigenvalue weighted by molar-refractivity contribution is 0.557. The van der Waals surface area contributed by atoms with Crippen molar-refractivity contribution in [1.29, 1.82) is 0 Å². The van der Waals surface area contributed by atoms with Gasteiger partial charge in [-0.3, -0.25) is 0 Å². The van der Waals surface area contributed by atoms with E-state index < -0.39 is 0 Å². The maximum Gasteiger partial charge on any atom is 0.219 e. The van der Waals surface area contributed by atoms with E-state index in [1.165, 1.54) is 4.68 Å². The number of rotatable bonds is 4. The highest BCUT2D eigenvalue weighted by Crippen LogP contribution is 2.17. The molecule has 3 rings (SSSR count). The van der Waals surface area contributed by atoms with E-state index in [1.54, 1.807) is 30.9 Å². The van der Waals surface area contributed by atoms with Crippen molar-refractivity contribution >= 4 is 24.5 Å². The van der Waals surface area contributed by atoms with Crippen molar-refractivity contribution < 1.29 is 8.83 Å². The zero-order valence-corrected chi connectivity index (χ0v) is 12.0. The van der Waals surface area contributed by atoms with Gasteiger partial charge in [-0.25, -0.2) is 5.10 Å².